The summed E-state index contributed by atoms with van der Waals surface area (Å²) in [6.07, 6.45) is 4.47. The molecule has 1 unspecified atom stereocenters. The zero-order valence-electron chi connectivity index (χ0n) is 9.87. The molecule has 0 saturated carbocycles. The number of phenolic OH excluding ortho intramolecular Hbond substituents is 1. The molecule has 0 saturated heterocycles. The molecule has 4 heteroatoms. The average Bonchev–Trinajstić information content (AvgIpc) is 2.65. The highest BCUT2D eigenvalue weighted by molar-refractivity contribution is 5.27. The number of aromatic nitrogens is 2. The molecule has 0 fully saturated rings. The topological polar surface area (TPSA) is 64.1 Å². The molecule has 1 heterocycles. The van der Waals surface area contributed by atoms with E-state index in [1.807, 2.05) is 25.3 Å². The van der Waals surface area contributed by atoms with Crippen LogP contribution in [0.15, 0.2) is 36.7 Å². The Balaban J connectivity index is 2.16. The molecule has 90 valence electrons. The monoisotopic (exact) mass is 231 g/mol. The predicted octanol–water partition coefficient (Wildman–Crippen LogP) is 1.53. The van der Waals surface area contributed by atoms with Gasteiger partial charge >= 0.3 is 0 Å². The van der Waals surface area contributed by atoms with E-state index in [0.717, 1.165) is 17.8 Å². The summed E-state index contributed by atoms with van der Waals surface area (Å²) in [6, 6.07) is 7.35. The van der Waals surface area contributed by atoms with Crippen molar-refractivity contribution in [3.63, 3.8) is 0 Å². The van der Waals surface area contributed by atoms with Crippen LogP contribution >= 0.6 is 0 Å². The van der Waals surface area contributed by atoms with Gasteiger partial charge in [0.2, 0.25) is 0 Å². The molecule has 0 amide bonds. The first-order valence-corrected chi connectivity index (χ1v) is 5.68. The van der Waals surface area contributed by atoms with Crippen LogP contribution in [0.1, 0.15) is 18.3 Å². The van der Waals surface area contributed by atoms with E-state index in [4.69, 9.17) is 5.73 Å². The summed E-state index contributed by atoms with van der Waals surface area (Å²) in [6.45, 7) is 2.67. The van der Waals surface area contributed by atoms with Crippen LogP contribution in [0.2, 0.25) is 0 Å². The van der Waals surface area contributed by atoms with E-state index in [1.165, 1.54) is 0 Å². The molecule has 1 aromatic carbocycles. The van der Waals surface area contributed by atoms with Gasteiger partial charge in [-0.25, -0.2) is 4.98 Å². The summed E-state index contributed by atoms with van der Waals surface area (Å²) in [5.74, 6) is 1.26. The maximum atomic E-state index is 9.41. The number of nitrogens with zero attached hydrogens (tertiary/aromatic N) is 2. The van der Waals surface area contributed by atoms with Crippen molar-refractivity contribution in [2.75, 3.05) is 0 Å². The lowest BCUT2D eigenvalue weighted by Crippen LogP contribution is -2.20. The summed E-state index contributed by atoms with van der Waals surface area (Å²) in [7, 11) is 0. The van der Waals surface area contributed by atoms with Crippen molar-refractivity contribution < 1.29 is 5.11 Å². The minimum atomic E-state index is 0.0975. The molecule has 2 rings (SSSR count). The first-order valence-electron chi connectivity index (χ1n) is 5.68. The van der Waals surface area contributed by atoms with Crippen molar-refractivity contribution in [1.29, 1.82) is 0 Å². The zero-order valence-corrected chi connectivity index (χ0v) is 9.87. The van der Waals surface area contributed by atoms with Gasteiger partial charge in [-0.15, -0.1) is 0 Å². The smallest absolute Gasteiger partial charge is 0.115 e. The minimum Gasteiger partial charge on any atom is -0.508 e. The van der Waals surface area contributed by atoms with Gasteiger partial charge in [0.15, 0.2) is 0 Å². The van der Waals surface area contributed by atoms with Gasteiger partial charge in [0.05, 0.1) is 0 Å². The third-order valence-corrected chi connectivity index (χ3v) is 2.57. The Morgan fingerprint density at radius 2 is 2.29 bits per heavy atom. The van der Waals surface area contributed by atoms with E-state index in [0.29, 0.717) is 6.54 Å². The van der Waals surface area contributed by atoms with E-state index in [9.17, 15) is 5.11 Å². The number of hydrogen-bond acceptors (Lipinski definition) is 3. The molecule has 1 aromatic heterocycles. The van der Waals surface area contributed by atoms with Gasteiger partial charge in [-0.1, -0.05) is 12.1 Å². The lowest BCUT2D eigenvalue weighted by Gasteiger charge is -2.10. The molecule has 2 aromatic rings. The third-order valence-electron chi connectivity index (χ3n) is 2.57. The van der Waals surface area contributed by atoms with Crippen LogP contribution in [-0.2, 0) is 13.0 Å². The van der Waals surface area contributed by atoms with E-state index >= 15 is 0 Å². The summed E-state index contributed by atoms with van der Waals surface area (Å²) in [4.78, 5) is 4.30. The number of benzene rings is 1. The number of rotatable bonds is 4. The molecule has 17 heavy (non-hydrogen) atoms. The van der Waals surface area contributed by atoms with E-state index < -0.39 is 0 Å². The number of aromatic hydroxyl groups is 1. The first-order chi connectivity index (χ1) is 8.15. The highest BCUT2D eigenvalue weighted by Gasteiger charge is 2.06. The maximum absolute atomic E-state index is 9.41. The molecule has 4 nitrogen and oxygen atoms in total. The zero-order chi connectivity index (χ0) is 12.3. The number of nitrogens with two attached hydrogens (primary N) is 1. The number of hydrogen-bond donors (Lipinski definition) is 2. The second-order valence-electron chi connectivity index (χ2n) is 4.32. The van der Waals surface area contributed by atoms with Crippen LogP contribution in [0.4, 0.5) is 0 Å². The summed E-state index contributed by atoms with van der Waals surface area (Å²) < 4.78 is 2.05. The SMILES string of the molecule is CC(N)Cc1nccn1Cc1cccc(O)c1. The molecule has 0 aliphatic rings. The Kier molecular flexibility index (Phi) is 3.44. The predicted molar refractivity (Wildman–Crippen MR) is 66.8 cm³/mol. The number of imidazole rings is 1. The summed E-state index contributed by atoms with van der Waals surface area (Å²) in [5, 5.41) is 9.41. The molecular weight excluding hydrogens is 214 g/mol. The van der Waals surface area contributed by atoms with Crippen LogP contribution < -0.4 is 5.73 Å². The van der Waals surface area contributed by atoms with Gasteiger partial charge < -0.3 is 15.4 Å². The molecule has 3 N–H and O–H groups in total. The highest BCUT2D eigenvalue weighted by Crippen LogP contribution is 2.13. The van der Waals surface area contributed by atoms with Crippen LogP contribution in [0.5, 0.6) is 5.75 Å². The van der Waals surface area contributed by atoms with Gasteiger partial charge in [-0.2, -0.15) is 0 Å². The quantitative estimate of drug-likeness (QED) is 0.838. The summed E-state index contributed by atoms with van der Waals surface area (Å²) >= 11 is 0. The lowest BCUT2D eigenvalue weighted by molar-refractivity contribution is 0.474. The Bertz CT molecular complexity index is 491. The fraction of sp³-hybridized carbons (Fsp3) is 0.308. The third kappa shape index (κ3) is 3.07. The molecule has 0 spiro atoms. The van der Waals surface area contributed by atoms with Gasteiger partial charge in [-0.3, -0.25) is 0 Å². The standard InChI is InChI=1S/C13H17N3O/c1-10(14)7-13-15-5-6-16(13)9-11-3-2-4-12(17)8-11/h2-6,8,10,17H,7,9,14H2,1H3. The van der Waals surface area contributed by atoms with Gasteiger partial charge in [0, 0.05) is 31.4 Å². The van der Waals surface area contributed by atoms with Crippen molar-refractivity contribution in [3.8, 4) is 5.75 Å². The van der Waals surface area contributed by atoms with Crippen LogP contribution in [0.25, 0.3) is 0 Å². The lowest BCUT2D eigenvalue weighted by atomic mass is 10.2. The van der Waals surface area contributed by atoms with E-state index in [-0.39, 0.29) is 11.8 Å². The molecule has 0 aliphatic carbocycles. The molecule has 0 aliphatic heterocycles. The number of phenols is 1. The van der Waals surface area contributed by atoms with Gasteiger partial charge in [-0.05, 0) is 24.6 Å². The molecule has 0 radical (unpaired) electrons. The normalized spacial score (nSPS) is 12.6. The van der Waals surface area contributed by atoms with Crippen LogP contribution in [0.3, 0.4) is 0 Å². The largest absolute Gasteiger partial charge is 0.508 e. The van der Waals surface area contributed by atoms with Crippen molar-refractivity contribution in [2.24, 2.45) is 5.73 Å². The Morgan fingerprint density at radius 3 is 3.00 bits per heavy atom. The van der Waals surface area contributed by atoms with E-state index in [1.54, 1.807) is 18.3 Å². The van der Waals surface area contributed by atoms with Crippen molar-refractivity contribution >= 4 is 0 Å². The van der Waals surface area contributed by atoms with Gasteiger partial charge in [0.25, 0.3) is 0 Å². The van der Waals surface area contributed by atoms with Crippen molar-refractivity contribution in [1.82, 2.24) is 9.55 Å². The van der Waals surface area contributed by atoms with Crippen molar-refractivity contribution in [3.05, 3.63) is 48.0 Å². The second-order valence-corrected chi connectivity index (χ2v) is 4.32. The maximum Gasteiger partial charge on any atom is 0.115 e. The fourth-order valence-electron chi connectivity index (χ4n) is 1.81. The molecule has 0 bridgehead atoms. The minimum absolute atomic E-state index is 0.0975. The van der Waals surface area contributed by atoms with E-state index in [2.05, 4.69) is 9.55 Å². The van der Waals surface area contributed by atoms with Gasteiger partial charge in [0.1, 0.15) is 11.6 Å². The Morgan fingerprint density at radius 1 is 1.47 bits per heavy atom. The van der Waals surface area contributed by atoms with Crippen molar-refractivity contribution in [2.45, 2.75) is 25.9 Å². The average molecular weight is 231 g/mol. The fourth-order valence-corrected chi connectivity index (χ4v) is 1.81. The Hall–Kier alpha value is -1.81. The Labute approximate surface area is 101 Å². The highest BCUT2D eigenvalue weighted by atomic mass is 16.3. The first kappa shape index (κ1) is 11.7. The summed E-state index contributed by atoms with van der Waals surface area (Å²) in [5.41, 5.74) is 6.83. The second kappa shape index (κ2) is 5.01. The van der Waals surface area contributed by atoms with Crippen LogP contribution in [-0.4, -0.2) is 20.7 Å². The molecular formula is C13H17N3O. The molecule has 1 atom stereocenters. The van der Waals surface area contributed by atoms with Crippen LogP contribution in [0, 0.1) is 0 Å².